The Morgan fingerprint density at radius 3 is 2.17 bits per heavy atom. The first-order chi connectivity index (χ1) is 11.0. The van der Waals surface area contributed by atoms with E-state index in [-0.39, 0.29) is 29.9 Å². The lowest BCUT2D eigenvalue weighted by Crippen LogP contribution is -2.41. The van der Waals surface area contributed by atoms with Crippen LogP contribution in [0.4, 0.5) is 0 Å². The number of benzene rings is 1. The Labute approximate surface area is 133 Å². The van der Waals surface area contributed by atoms with E-state index in [1.54, 1.807) is 12.1 Å². The summed E-state index contributed by atoms with van der Waals surface area (Å²) in [5.41, 5.74) is 0.984. The van der Waals surface area contributed by atoms with E-state index in [9.17, 15) is 19.5 Å². The van der Waals surface area contributed by atoms with E-state index < -0.39 is 23.8 Å². The van der Waals surface area contributed by atoms with Crippen molar-refractivity contribution in [1.82, 2.24) is 5.32 Å². The van der Waals surface area contributed by atoms with Crippen molar-refractivity contribution in [3.8, 4) is 0 Å². The fourth-order valence-corrected chi connectivity index (χ4v) is 4.10. The molecule has 1 amide bonds. The second-order valence-electron chi connectivity index (χ2n) is 6.44. The minimum Gasteiger partial charge on any atom is -0.481 e. The van der Waals surface area contributed by atoms with Gasteiger partial charge in [0.15, 0.2) is 0 Å². The third-order valence-electron chi connectivity index (χ3n) is 5.17. The zero-order valence-corrected chi connectivity index (χ0v) is 12.6. The topological polar surface area (TPSA) is 104 Å². The second kappa shape index (κ2) is 6.02. The van der Waals surface area contributed by atoms with Gasteiger partial charge in [0.05, 0.1) is 17.4 Å². The molecule has 0 unspecified atom stereocenters. The highest BCUT2D eigenvalue weighted by atomic mass is 16.4. The van der Waals surface area contributed by atoms with Crippen LogP contribution in [-0.4, -0.2) is 28.1 Å². The van der Waals surface area contributed by atoms with E-state index in [0.717, 1.165) is 24.8 Å². The van der Waals surface area contributed by atoms with Crippen molar-refractivity contribution < 1.29 is 24.6 Å². The minimum atomic E-state index is -0.994. The van der Waals surface area contributed by atoms with Gasteiger partial charge in [-0.2, -0.15) is 0 Å². The van der Waals surface area contributed by atoms with Gasteiger partial charge in [-0.1, -0.05) is 12.1 Å². The Kier molecular flexibility index (Phi) is 4.07. The Balaban J connectivity index is 1.63. The number of fused-ring (bicyclic) bond motifs is 2. The number of carboxylic acids is 2. The molecular weight excluding hydrogens is 298 g/mol. The maximum Gasteiger partial charge on any atom is 0.335 e. The van der Waals surface area contributed by atoms with Crippen LogP contribution >= 0.6 is 0 Å². The number of carboxylic acid groups (broad SMARTS) is 2. The Hall–Kier alpha value is -2.37. The van der Waals surface area contributed by atoms with Crippen LogP contribution in [0.15, 0.2) is 24.3 Å². The van der Waals surface area contributed by atoms with Gasteiger partial charge < -0.3 is 15.5 Å². The smallest absolute Gasteiger partial charge is 0.335 e. The number of aliphatic carboxylic acids is 1. The van der Waals surface area contributed by atoms with E-state index in [4.69, 9.17) is 5.11 Å². The average Bonchev–Trinajstić information content (AvgIpc) is 3.13. The molecule has 1 aromatic carbocycles. The van der Waals surface area contributed by atoms with E-state index in [1.165, 1.54) is 12.1 Å². The molecule has 2 bridgehead atoms. The van der Waals surface area contributed by atoms with Crippen molar-refractivity contribution in [1.29, 1.82) is 0 Å². The Morgan fingerprint density at radius 1 is 1.00 bits per heavy atom. The summed E-state index contributed by atoms with van der Waals surface area (Å²) in [4.78, 5) is 34.7. The molecule has 0 heterocycles. The van der Waals surface area contributed by atoms with Crippen molar-refractivity contribution >= 4 is 17.8 Å². The molecule has 2 fully saturated rings. The third kappa shape index (κ3) is 2.93. The molecule has 2 aliphatic rings. The zero-order valence-electron chi connectivity index (χ0n) is 12.6. The molecule has 0 saturated heterocycles. The fourth-order valence-electron chi connectivity index (χ4n) is 4.10. The van der Waals surface area contributed by atoms with Gasteiger partial charge in [0, 0.05) is 6.54 Å². The molecule has 0 radical (unpaired) electrons. The third-order valence-corrected chi connectivity index (χ3v) is 5.17. The van der Waals surface area contributed by atoms with E-state index in [0.29, 0.717) is 0 Å². The quantitative estimate of drug-likeness (QED) is 0.767. The van der Waals surface area contributed by atoms with Gasteiger partial charge in [-0.3, -0.25) is 9.59 Å². The summed E-state index contributed by atoms with van der Waals surface area (Å²) >= 11 is 0. The monoisotopic (exact) mass is 317 g/mol. The van der Waals surface area contributed by atoms with Crippen molar-refractivity contribution in [2.24, 2.45) is 23.7 Å². The van der Waals surface area contributed by atoms with Crippen LogP contribution in [0.25, 0.3) is 0 Å². The van der Waals surface area contributed by atoms with Crippen LogP contribution in [0.5, 0.6) is 0 Å². The molecule has 0 spiro atoms. The predicted molar refractivity (Wildman–Crippen MR) is 80.7 cm³/mol. The summed E-state index contributed by atoms with van der Waals surface area (Å²) in [7, 11) is 0. The summed E-state index contributed by atoms with van der Waals surface area (Å²) in [6.45, 7) is 0.277. The van der Waals surface area contributed by atoms with E-state index in [2.05, 4.69) is 5.32 Å². The van der Waals surface area contributed by atoms with Gasteiger partial charge >= 0.3 is 11.9 Å². The molecule has 6 heteroatoms. The van der Waals surface area contributed by atoms with E-state index in [1.807, 2.05) is 0 Å². The lowest BCUT2D eigenvalue weighted by Gasteiger charge is -2.27. The van der Waals surface area contributed by atoms with Crippen LogP contribution in [0.2, 0.25) is 0 Å². The molecule has 0 aliphatic heterocycles. The van der Waals surface area contributed by atoms with Gasteiger partial charge in [-0.25, -0.2) is 4.79 Å². The molecule has 2 aliphatic carbocycles. The number of rotatable bonds is 5. The molecule has 2 saturated carbocycles. The second-order valence-corrected chi connectivity index (χ2v) is 6.44. The Bertz CT molecular complexity index is 639. The van der Waals surface area contributed by atoms with Gasteiger partial charge in [0.2, 0.25) is 5.91 Å². The van der Waals surface area contributed by atoms with Crippen molar-refractivity contribution in [2.75, 3.05) is 0 Å². The zero-order chi connectivity index (χ0) is 16.6. The Morgan fingerprint density at radius 2 is 1.61 bits per heavy atom. The number of carbonyl (C=O) groups excluding carboxylic acids is 1. The number of amides is 1. The maximum absolute atomic E-state index is 12.4. The minimum absolute atomic E-state index is 0.128. The number of hydrogen-bond donors (Lipinski definition) is 3. The normalized spacial score (nSPS) is 28.5. The highest BCUT2D eigenvalue weighted by Gasteiger charge is 2.53. The molecule has 0 aromatic heterocycles. The van der Waals surface area contributed by atoms with Crippen LogP contribution in [-0.2, 0) is 16.1 Å². The molecule has 3 N–H and O–H groups in total. The standard InChI is InChI=1S/C17H19NO5/c19-15(13-11-5-6-12(7-11)14(13)17(22)23)18-8-9-1-3-10(4-2-9)16(20)21/h1-4,11-14H,5-8H2,(H,18,19)(H,20,21)(H,22,23)/t11-,12-,13+,14+/m0/s1. The van der Waals surface area contributed by atoms with E-state index >= 15 is 0 Å². The average molecular weight is 317 g/mol. The molecule has 4 atom stereocenters. The largest absolute Gasteiger partial charge is 0.481 e. The molecule has 3 rings (SSSR count). The van der Waals surface area contributed by atoms with Crippen molar-refractivity contribution in [3.05, 3.63) is 35.4 Å². The van der Waals surface area contributed by atoms with Crippen LogP contribution < -0.4 is 5.32 Å². The number of aromatic carboxylic acids is 1. The van der Waals surface area contributed by atoms with Crippen LogP contribution in [0.1, 0.15) is 35.2 Å². The highest BCUT2D eigenvalue weighted by molar-refractivity contribution is 5.88. The van der Waals surface area contributed by atoms with Crippen LogP contribution in [0.3, 0.4) is 0 Å². The first kappa shape index (κ1) is 15.5. The highest BCUT2D eigenvalue weighted by Crippen LogP contribution is 2.52. The molecule has 23 heavy (non-hydrogen) atoms. The van der Waals surface area contributed by atoms with Gasteiger partial charge in [-0.15, -0.1) is 0 Å². The molecular formula is C17H19NO5. The summed E-state index contributed by atoms with van der Waals surface area (Å²) in [6, 6.07) is 6.28. The molecule has 6 nitrogen and oxygen atoms in total. The summed E-state index contributed by atoms with van der Waals surface area (Å²) in [6.07, 6.45) is 2.67. The SMILES string of the molecule is O=C(O)c1ccc(CNC(=O)[C@@H]2[C@H]3CC[C@@H](C3)[C@H]2C(=O)O)cc1. The summed E-state index contributed by atoms with van der Waals surface area (Å²) in [5, 5.41) is 21.1. The summed E-state index contributed by atoms with van der Waals surface area (Å²) < 4.78 is 0. The number of carbonyl (C=O) groups is 3. The first-order valence-corrected chi connectivity index (χ1v) is 7.80. The number of nitrogens with one attached hydrogen (secondary N) is 1. The van der Waals surface area contributed by atoms with Gasteiger partial charge in [-0.05, 0) is 48.8 Å². The fraction of sp³-hybridized carbons (Fsp3) is 0.471. The summed E-state index contributed by atoms with van der Waals surface area (Å²) in [5.74, 6) is -2.77. The first-order valence-electron chi connectivity index (χ1n) is 7.80. The molecule has 1 aromatic rings. The van der Waals surface area contributed by atoms with Crippen LogP contribution in [0, 0.1) is 23.7 Å². The lowest BCUT2D eigenvalue weighted by atomic mass is 9.78. The van der Waals surface area contributed by atoms with Gasteiger partial charge in [0.25, 0.3) is 0 Å². The maximum atomic E-state index is 12.4. The predicted octanol–water partition coefficient (Wildman–Crippen LogP) is 1.75. The van der Waals surface area contributed by atoms with Crippen molar-refractivity contribution in [2.45, 2.75) is 25.8 Å². The molecule has 122 valence electrons. The van der Waals surface area contributed by atoms with Crippen molar-refractivity contribution in [3.63, 3.8) is 0 Å². The van der Waals surface area contributed by atoms with Gasteiger partial charge in [0.1, 0.15) is 0 Å². The number of hydrogen-bond acceptors (Lipinski definition) is 3. The lowest BCUT2D eigenvalue weighted by molar-refractivity contribution is -0.149.